The maximum atomic E-state index is 10.8. The minimum atomic E-state index is -3.55. The van der Waals surface area contributed by atoms with Gasteiger partial charge in [-0.1, -0.05) is 30.3 Å². The molecule has 0 aliphatic heterocycles. The van der Waals surface area contributed by atoms with Gasteiger partial charge >= 0.3 is 0 Å². The van der Waals surface area contributed by atoms with Gasteiger partial charge in [0.25, 0.3) is 10.1 Å². The van der Waals surface area contributed by atoms with Crippen LogP contribution in [0.15, 0.2) is 42.5 Å². The van der Waals surface area contributed by atoms with Crippen LogP contribution >= 0.6 is 0 Å². The molecule has 1 unspecified atom stereocenters. The standard InChI is InChI=1S/C14H16O5S/c1-20(16,17)19-10-13(15)9-18-14-7-6-11-4-2-3-5-12(11)8-14/h2-8,13,15H,9-10H2,1H3. The van der Waals surface area contributed by atoms with Gasteiger partial charge in [0.15, 0.2) is 0 Å². The summed E-state index contributed by atoms with van der Waals surface area (Å²) in [6, 6.07) is 13.4. The molecule has 0 radical (unpaired) electrons. The molecule has 0 bridgehead atoms. The SMILES string of the molecule is CS(=O)(=O)OCC(O)COc1ccc2ccccc2c1. The lowest BCUT2D eigenvalue weighted by molar-refractivity contribution is 0.0652. The molecule has 0 aliphatic rings. The summed E-state index contributed by atoms with van der Waals surface area (Å²) in [4.78, 5) is 0. The Labute approximate surface area is 117 Å². The molecule has 2 aromatic rings. The maximum Gasteiger partial charge on any atom is 0.264 e. The number of rotatable bonds is 6. The number of benzene rings is 2. The monoisotopic (exact) mass is 296 g/mol. The molecule has 0 saturated heterocycles. The molecule has 5 nitrogen and oxygen atoms in total. The van der Waals surface area contributed by atoms with Gasteiger partial charge < -0.3 is 9.84 Å². The smallest absolute Gasteiger partial charge is 0.264 e. The highest BCUT2D eigenvalue weighted by Crippen LogP contribution is 2.20. The van der Waals surface area contributed by atoms with Gasteiger partial charge in [0.1, 0.15) is 18.5 Å². The minimum absolute atomic E-state index is 0.0339. The molecular formula is C14H16O5S. The lowest BCUT2D eigenvalue weighted by Crippen LogP contribution is -2.24. The zero-order valence-corrected chi connectivity index (χ0v) is 11.8. The second-order valence-electron chi connectivity index (χ2n) is 4.46. The van der Waals surface area contributed by atoms with Crippen LogP contribution in [-0.4, -0.2) is 39.1 Å². The number of fused-ring (bicyclic) bond motifs is 1. The molecule has 0 saturated carbocycles. The van der Waals surface area contributed by atoms with Crippen molar-refractivity contribution in [2.75, 3.05) is 19.5 Å². The average molecular weight is 296 g/mol. The van der Waals surface area contributed by atoms with Crippen LogP contribution in [0.2, 0.25) is 0 Å². The number of hydrogen-bond acceptors (Lipinski definition) is 5. The van der Waals surface area contributed by atoms with Crippen molar-refractivity contribution >= 4 is 20.9 Å². The molecule has 0 heterocycles. The lowest BCUT2D eigenvalue weighted by atomic mass is 10.1. The maximum absolute atomic E-state index is 10.8. The summed E-state index contributed by atoms with van der Waals surface area (Å²) in [5.74, 6) is 0.613. The highest BCUT2D eigenvalue weighted by molar-refractivity contribution is 7.85. The Hall–Kier alpha value is -1.63. The third kappa shape index (κ3) is 4.48. The van der Waals surface area contributed by atoms with Crippen LogP contribution in [0.25, 0.3) is 10.8 Å². The predicted molar refractivity (Wildman–Crippen MR) is 76.2 cm³/mol. The van der Waals surface area contributed by atoms with Gasteiger partial charge in [0, 0.05) is 0 Å². The molecule has 1 atom stereocenters. The van der Waals surface area contributed by atoms with Gasteiger partial charge in [-0.15, -0.1) is 0 Å². The summed E-state index contributed by atoms with van der Waals surface area (Å²) in [5, 5.41) is 11.7. The number of ether oxygens (including phenoxy) is 1. The second-order valence-corrected chi connectivity index (χ2v) is 6.11. The van der Waals surface area contributed by atoms with Crippen molar-refractivity contribution in [1.82, 2.24) is 0 Å². The van der Waals surface area contributed by atoms with Gasteiger partial charge in [0.2, 0.25) is 0 Å². The summed E-state index contributed by atoms with van der Waals surface area (Å²) in [7, 11) is -3.55. The van der Waals surface area contributed by atoms with Crippen molar-refractivity contribution < 1.29 is 22.4 Å². The first-order valence-corrected chi connectivity index (χ1v) is 7.90. The average Bonchev–Trinajstić information content (AvgIpc) is 2.42. The van der Waals surface area contributed by atoms with Crippen molar-refractivity contribution in [3.8, 4) is 5.75 Å². The van der Waals surface area contributed by atoms with E-state index >= 15 is 0 Å². The molecule has 0 amide bonds. The summed E-state index contributed by atoms with van der Waals surface area (Å²) in [6.45, 7) is -0.347. The van der Waals surface area contributed by atoms with E-state index in [-0.39, 0.29) is 13.2 Å². The van der Waals surface area contributed by atoms with E-state index < -0.39 is 16.2 Å². The first kappa shape index (κ1) is 14.8. The molecule has 6 heteroatoms. The van der Waals surface area contributed by atoms with Gasteiger partial charge in [-0.2, -0.15) is 8.42 Å². The molecule has 0 aromatic heterocycles. The first-order valence-electron chi connectivity index (χ1n) is 6.08. The fourth-order valence-corrected chi connectivity index (χ4v) is 2.10. The molecule has 0 fully saturated rings. The van der Waals surface area contributed by atoms with Gasteiger partial charge in [-0.3, -0.25) is 4.18 Å². The predicted octanol–water partition coefficient (Wildman–Crippen LogP) is 1.56. The third-order valence-corrected chi connectivity index (χ3v) is 3.20. The second kappa shape index (κ2) is 6.21. The van der Waals surface area contributed by atoms with Crippen LogP contribution < -0.4 is 4.74 Å². The third-order valence-electron chi connectivity index (χ3n) is 2.64. The highest BCUT2D eigenvalue weighted by atomic mass is 32.2. The summed E-state index contributed by atoms with van der Waals surface area (Å²) in [6.07, 6.45) is -0.0691. The van der Waals surface area contributed by atoms with E-state index in [1.807, 2.05) is 36.4 Å². The van der Waals surface area contributed by atoms with Crippen molar-refractivity contribution in [1.29, 1.82) is 0 Å². The van der Waals surface area contributed by atoms with E-state index in [0.717, 1.165) is 17.0 Å². The normalized spacial score (nSPS) is 13.3. The van der Waals surface area contributed by atoms with Crippen molar-refractivity contribution in [2.24, 2.45) is 0 Å². The Morgan fingerprint density at radius 2 is 1.80 bits per heavy atom. The summed E-state index contributed by atoms with van der Waals surface area (Å²) < 4.78 is 31.5. The molecule has 1 N–H and O–H groups in total. The molecule has 108 valence electrons. The Balaban J connectivity index is 1.92. The van der Waals surface area contributed by atoms with Crippen molar-refractivity contribution in [2.45, 2.75) is 6.10 Å². The van der Waals surface area contributed by atoms with Crippen LogP contribution in [0.1, 0.15) is 0 Å². The summed E-state index contributed by atoms with van der Waals surface area (Å²) in [5.41, 5.74) is 0. The molecule has 0 spiro atoms. The fraction of sp³-hybridized carbons (Fsp3) is 0.286. The van der Waals surface area contributed by atoms with Crippen LogP contribution in [0.5, 0.6) is 5.75 Å². The fourth-order valence-electron chi connectivity index (χ4n) is 1.70. The first-order chi connectivity index (χ1) is 9.44. The minimum Gasteiger partial charge on any atom is -0.491 e. The number of aliphatic hydroxyl groups is 1. The molecule has 2 aromatic carbocycles. The molecule has 0 aliphatic carbocycles. The van der Waals surface area contributed by atoms with E-state index in [1.165, 1.54) is 0 Å². The highest BCUT2D eigenvalue weighted by Gasteiger charge is 2.10. The quantitative estimate of drug-likeness (QED) is 0.819. The molecular weight excluding hydrogens is 280 g/mol. The Morgan fingerprint density at radius 1 is 1.10 bits per heavy atom. The van der Waals surface area contributed by atoms with E-state index in [2.05, 4.69) is 4.18 Å². The van der Waals surface area contributed by atoms with Crippen molar-refractivity contribution in [3.05, 3.63) is 42.5 Å². The Bertz CT molecular complexity index is 681. The van der Waals surface area contributed by atoms with Crippen molar-refractivity contribution in [3.63, 3.8) is 0 Å². The topological polar surface area (TPSA) is 72.8 Å². The molecule has 20 heavy (non-hydrogen) atoms. The number of hydrogen-bond donors (Lipinski definition) is 1. The van der Waals surface area contributed by atoms with Crippen LogP contribution in [0, 0.1) is 0 Å². The van der Waals surface area contributed by atoms with Crippen LogP contribution in [0.3, 0.4) is 0 Å². The zero-order chi connectivity index (χ0) is 14.6. The number of aliphatic hydroxyl groups excluding tert-OH is 1. The van der Waals surface area contributed by atoms with E-state index in [1.54, 1.807) is 6.07 Å². The Morgan fingerprint density at radius 3 is 2.50 bits per heavy atom. The van der Waals surface area contributed by atoms with Gasteiger partial charge in [-0.25, -0.2) is 0 Å². The van der Waals surface area contributed by atoms with Gasteiger partial charge in [0.05, 0.1) is 12.9 Å². The Kier molecular flexibility index (Phi) is 4.59. The van der Waals surface area contributed by atoms with Crippen LogP contribution in [0.4, 0.5) is 0 Å². The largest absolute Gasteiger partial charge is 0.491 e. The lowest BCUT2D eigenvalue weighted by Gasteiger charge is -2.12. The molecule has 2 rings (SSSR count). The summed E-state index contributed by atoms with van der Waals surface area (Å²) >= 11 is 0. The van der Waals surface area contributed by atoms with E-state index in [9.17, 15) is 13.5 Å². The van der Waals surface area contributed by atoms with Gasteiger partial charge in [-0.05, 0) is 22.9 Å². The van der Waals surface area contributed by atoms with E-state index in [4.69, 9.17) is 4.74 Å². The zero-order valence-electron chi connectivity index (χ0n) is 11.0. The van der Waals surface area contributed by atoms with Crippen LogP contribution in [-0.2, 0) is 14.3 Å². The van der Waals surface area contributed by atoms with E-state index in [0.29, 0.717) is 5.75 Å².